The first kappa shape index (κ1) is 18.7. The molecule has 0 aliphatic heterocycles. The highest BCUT2D eigenvalue weighted by Gasteiger charge is 2.25. The Kier molecular flexibility index (Phi) is 6.19. The summed E-state index contributed by atoms with van der Waals surface area (Å²) in [6.45, 7) is 5.66. The number of carbonyl (C=O) groups excluding carboxylic acids is 1. The third kappa shape index (κ3) is 4.25. The number of methoxy groups -OCH3 is 1. The first-order chi connectivity index (χ1) is 11.3. The van der Waals surface area contributed by atoms with E-state index in [2.05, 4.69) is 16.3 Å². The number of hydrogen-bond acceptors (Lipinski definition) is 3. The lowest BCUT2D eigenvalue weighted by molar-refractivity contribution is -0.140. The van der Waals surface area contributed by atoms with Crippen LogP contribution in [0.5, 0.6) is 0 Å². The zero-order valence-electron chi connectivity index (χ0n) is 13.5. The molecule has 1 atom stereocenters. The number of aromatic nitrogens is 1. The molecule has 0 saturated heterocycles. The Balaban J connectivity index is 2.38. The molecule has 3 nitrogen and oxygen atoms in total. The van der Waals surface area contributed by atoms with Crippen molar-refractivity contribution in [2.24, 2.45) is 0 Å². The molecule has 1 aliphatic carbocycles. The average Bonchev–Trinajstić information content (AvgIpc) is 2.52. The molecule has 2 rings (SSSR count). The number of rotatable bonds is 5. The Morgan fingerprint density at radius 2 is 2.21 bits per heavy atom. The van der Waals surface area contributed by atoms with Crippen LogP contribution in [0.3, 0.4) is 0 Å². The second kappa shape index (κ2) is 7.95. The van der Waals surface area contributed by atoms with E-state index in [4.69, 9.17) is 23.2 Å². The van der Waals surface area contributed by atoms with Gasteiger partial charge >= 0.3 is 5.97 Å². The highest BCUT2D eigenvalue weighted by atomic mass is 35.5. The van der Waals surface area contributed by atoms with Gasteiger partial charge in [-0.15, -0.1) is 0 Å². The molecule has 6 heteroatoms. The van der Waals surface area contributed by atoms with Gasteiger partial charge in [0.15, 0.2) is 0 Å². The standard InChI is InChI=1S/C18H18Cl2FNO2/c1-10(2)11-4-5-12(15(21)8-11)14-9-16(19)22-18(20)13(14)6-7-17(23)24-3/h4,8-9,12H,1,5-7H2,2-3H3. The summed E-state index contributed by atoms with van der Waals surface area (Å²) in [5.74, 6) is -1.15. The van der Waals surface area contributed by atoms with Crippen LogP contribution < -0.4 is 0 Å². The van der Waals surface area contributed by atoms with Crippen molar-refractivity contribution in [1.29, 1.82) is 0 Å². The molecule has 0 N–H and O–H groups in total. The fourth-order valence-corrected chi connectivity index (χ4v) is 3.19. The predicted octanol–water partition coefficient (Wildman–Crippen LogP) is 5.34. The van der Waals surface area contributed by atoms with Gasteiger partial charge in [-0.05, 0) is 48.6 Å². The van der Waals surface area contributed by atoms with Crippen molar-refractivity contribution in [1.82, 2.24) is 4.98 Å². The van der Waals surface area contributed by atoms with E-state index < -0.39 is 5.92 Å². The highest BCUT2D eigenvalue weighted by Crippen LogP contribution is 2.39. The van der Waals surface area contributed by atoms with Crippen LogP contribution in [0.2, 0.25) is 10.3 Å². The maximum atomic E-state index is 14.6. The smallest absolute Gasteiger partial charge is 0.305 e. The lowest BCUT2D eigenvalue weighted by Crippen LogP contribution is -2.10. The minimum atomic E-state index is -0.501. The average molecular weight is 370 g/mol. The summed E-state index contributed by atoms with van der Waals surface area (Å²) in [6, 6.07) is 1.61. The van der Waals surface area contributed by atoms with Gasteiger partial charge in [-0.1, -0.05) is 41.4 Å². The topological polar surface area (TPSA) is 39.2 Å². The minimum Gasteiger partial charge on any atom is -0.469 e. The summed E-state index contributed by atoms with van der Waals surface area (Å²) in [4.78, 5) is 15.4. The van der Waals surface area contributed by atoms with Gasteiger partial charge < -0.3 is 4.74 Å². The lowest BCUT2D eigenvalue weighted by atomic mass is 9.85. The number of hydrogen-bond donors (Lipinski definition) is 0. The van der Waals surface area contributed by atoms with Crippen LogP contribution in [-0.2, 0) is 16.0 Å². The van der Waals surface area contributed by atoms with Gasteiger partial charge in [-0.2, -0.15) is 0 Å². The molecular weight excluding hydrogens is 352 g/mol. The Morgan fingerprint density at radius 1 is 1.50 bits per heavy atom. The van der Waals surface area contributed by atoms with Gasteiger partial charge in [0, 0.05) is 12.3 Å². The van der Waals surface area contributed by atoms with Crippen molar-refractivity contribution in [3.8, 4) is 0 Å². The number of halogens is 3. The van der Waals surface area contributed by atoms with Gasteiger partial charge in [0.2, 0.25) is 0 Å². The fourth-order valence-electron chi connectivity index (χ4n) is 2.65. The lowest BCUT2D eigenvalue weighted by Gasteiger charge is -2.22. The highest BCUT2D eigenvalue weighted by molar-refractivity contribution is 6.33. The predicted molar refractivity (Wildman–Crippen MR) is 94.0 cm³/mol. The third-order valence-electron chi connectivity index (χ3n) is 3.95. The van der Waals surface area contributed by atoms with Crippen LogP contribution >= 0.6 is 23.2 Å². The summed E-state index contributed by atoms with van der Waals surface area (Å²) < 4.78 is 19.3. The molecular formula is C18H18Cl2FNO2. The second-order valence-electron chi connectivity index (χ2n) is 5.64. The van der Waals surface area contributed by atoms with Gasteiger partial charge in [0.05, 0.1) is 7.11 Å². The van der Waals surface area contributed by atoms with Crippen molar-refractivity contribution < 1.29 is 13.9 Å². The van der Waals surface area contributed by atoms with Crippen molar-refractivity contribution in [2.75, 3.05) is 7.11 Å². The van der Waals surface area contributed by atoms with E-state index in [1.807, 2.05) is 13.0 Å². The van der Waals surface area contributed by atoms with Crippen LogP contribution in [0.25, 0.3) is 0 Å². The number of allylic oxidation sites excluding steroid dienone is 5. The van der Waals surface area contributed by atoms with Gasteiger partial charge in [-0.25, -0.2) is 9.37 Å². The second-order valence-corrected chi connectivity index (χ2v) is 6.38. The monoisotopic (exact) mass is 369 g/mol. The van der Waals surface area contributed by atoms with Crippen molar-refractivity contribution >= 4 is 29.2 Å². The Morgan fingerprint density at radius 3 is 2.79 bits per heavy atom. The summed E-state index contributed by atoms with van der Waals surface area (Å²) >= 11 is 12.2. The van der Waals surface area contributed by atoms with E-state index in [9.17, 15) is 9.18 Å². The zero-order chi connectivity index (χ0) is 17.9. The molecule has 0 saturated carbocycles. The molecule has 0 bridgehead atoms. The molecule has 0 radical (unpaired) electrons. The molecule has 0 spiro atoms. The Bertz CT molecular complexity index is 741. The van der Waals surface area contributed by atoms with E-state index in [1.165, 1.54) is 13.2 Å². The Hall–Kier alpha value is -1.65. The first-order valence-corrected chi connectivity index (χ1v) is 8.23. The van der Waals surface area contributed by atoms with Crippen LogP contribution in [0.15, 0.2) is 41.8 Å². The molecule has 1 aliphatic rings. The summed E-state index contributed by atoms with van der Waals surface area (Å²) in [7, 11) is 1.32. The van der Waals surface area contributed by atoms with Crippen LogP contribution in [0.4, 0.5) is 4.39 Å². The largest absolute Gasteiger partial charge is 0.469 e. The number of pyridine rings is 1. The molecule has 1 aromatic rings. The van der Waals surface area contributed by atoms with E-state index in [0.29, 0.717) is 24.0 Å². The molecule has 128 valence electrons. The maximum absolute atomic E-state index is 14.6. The number of carbonyl (C=O) groups is 1. The number of ether oxygens (including phenoxy) is 1. The third-order valence-corrected chi connectivity index (χ3v) is 4.46. The van der Waals surface area contributed by atoms with Crippen LogP contribution in [0, 0.1) is 0 Å². The number of esters is 1. The van der Waals surface area contributed by atoms with Crippen molar-refractivity contribution in [3.05, 3.63) is 63.2 Å². The molecule has 0 fully saturated rings. The number of nitrogens with zero attached hydrogens (tertiary/aromatic N) is 1. The maximum Gasteiger partial charge on any atom is 0.305 e. The molecule has 0 amide bonds. The molecule has 0 aromatic carbocycles. The first-order valence-electron chi connectivity index (χ1n) is 7.48. The summed E-state index contributed by atoms with van der Waals surface area (Å²) in [5, 5.41) is 0.378. The summed E-state index contributed by atoms with van der Waals surface area (Å²) in [5.41, 5.74) is 2.85. The van der Waals surface area contributed by atoms with Crippen LogP contribution in [0.1, 0.15) is 36.8 Å². The van der Waals surface area contributed by atoms with Crippen molar-refractivity contribution in [2.45, 2.75) is 32.1 Å². The molecule has 24 heavy (non-hydrogen) atoms. The molecule has 1 heterocycles. The van der Waals surface area contributed by atoms with E-state index in [0.717, 1.165) is 11.1 Å². The fraction of sp³-hybridized carbons (Fsp3) is 0.333. The summed E-state index contributed by atoms with van der Waals surface area (Å²) in [6.07, 6.45) is 4.32. The molecule has 1 aromatic heterocycles. The van der Waals surface area contributed by atoms with Gasteiger partial charge in [0.25, 0.3) is 0 Å². The van der Waals surface area contributed by atoms with E-state index in [-0.39, 0.29) is 28.5 Å². The van der Waals surface area contributed by atoms with Gasteiger partial charge in [0.1, 0.15) is 16.1 Å². The molecule has 1 unspecified atom stereocenters. The van der Waals surface area contributed by atoms with E-state index in [1.54, 1.807) is 6.07 Å². The SMILES string of the molecule is C=C(C)C1=CCC(c2cc(Cl)nc(Cl)c2CCC(=O)OC)C(F)=C1. The van der Waals surface area contributed by atoms with Gasteiger partial charge in [-0.3, -0.25) is 4.79 Å². The minimum absolute atomic E-state index is 0.136. The van der Waals surface area contributed by atoms with Crippen LogP contribution in [-0.4, -0.2) is 18.1 Å². The van der Waals surface area contributed by atoms with Crippen molar-refractivity contribution in [3.63, 3.8) is 0 Å². The quantitative estimate of drug-likeness (QED) is 0.519. The Labute approximate surface area is 150 Å². The zero-order valence-corrected chi connectivity index (χ0v) is 15.0. The van der Waals surface area contributed by atoms with E-state index >= 15 is 0 Å². The normalized spacial score (nSPS) is 17.1.